The molecule has 22 heavy (non-hydrogen) atoms. The van der Waals surface area contributed by atoms with Crippen molar-refractivity contribution in [1.82, 2.24) is 4.90 Å². The first-order valence-corrected chi connectivity index (χ1v) is 7.79. The topological polar surface area (TPSA) is 66.8 Å². The van der Waals surface area contributed by atoms with Gasteiger partial charge in [0.05, 0.1) is 6.61 Å². The predicted molar refractivity (Wildman–Crippen MR) is 82.9 cm³/mol. The summed E-state index contributed by atoms with van der Waals surface area (Å²) in [7, 11) is 0. The third kappa shape index (κ3) is 4.48. The molecule has 0 aromatic heterocycles. The summed E-state index contributed by atoms with van der Waals surface area (Å²) in [5.74, 6) is -0.106. The number of benzene rings is 1. The molecule has 5 heteroatoms. The van der Waals surface area contributed by atoms with Crippen LogP contribution in [-0.2, 0) is 9.59 Å². The highest BCUT2D eigenvalue weighted by atomic mass is 16.5. The fourth-order valence-corrected chi connectivity index (χ4v) is 2.74. The van der Waals surface area contributed by atoms with Crippen molar-refractivity contribution in [2.45, 2.75) is 45.1 Å². The lowest BCUT2D eigenvalue weighted by molar-refractivity contribution is -0.148. The Labute approximate surface area is 130 Å². The minimum absolute atomic E-state index is 0.0551. The number of likely N-dealkylation sites (tertiary alicyclic amines) is 1. The lowest BCUT2D eigenvalue weighted by Crippen LogP contribution is -2.40. The summed E-state index contributed by atoms with van der Waals surface area (Å²) in [5.41, 5.74) is 1.15. The Morgan fingerprint density at radius 1 is 1.36 bits per heavy atom. The number of aryl methyl sites for hydroxylation is 1. The summed E-state index contributed by atoms with van der Waals surface area (Å²) in [6.45, 7) is 3.15. The summed E-state index contributed by atoms with van der Waals surface area (Å²) >= 11 is 0. The van der Waals surface area contributed by atoms with E-state index in [0.29, 0.717) is 32.4 Å². The Morgan fingerprint density at radius 2 is 2.18 bits per heavy atom. The van der Waals surface area contributed by atoms with Crippen LogP contribution in [-0.4, -0.2) is 41.1 Å². The van der Waals surface area contributed by atoms with Crippen molar-refractivity contribution >= 4 is 11.9 Å². The molecule has 1 fully saturated rings. The standard InChI is InChI=1S/C17H23NO4/c1-13-6-4-7-14(12-13)22-11-3-2-9-16(19)18-10-5-8-15(18)17(20)21/h4,6-7,12,15H,2-3,5,8-11H2,1H3,(H,20,21)/t15-/m0/s1. The quantitative estimate of drug-likeness (QED) is 0.786. The molecule has 1 atom stereocenters. The Bertz CT molecular complexity index is 529. The molecule has 0 unspecified atom stereocenters. The van der Waals surface area contributed by atoms with E-state index in [4.69, 9.17) is 9.84 Å². The molecule has 1 saturated heterocycles. The molecule has 1 aromatic rings. The number of amides is 1. The second kappa shape index (κ2) is 7.82. The first-order valence-electron chi connectivity index (χ1n) is 7.79. The molecule has 2 rings (SSSR count). The average molecular weight is 305 g/mol. The number of carboxylic acid groups (broad SMARTS) is 1. The molecule has 0 radical (unpaired) electrons. The van der Waals surface area contributed by atoms with Gasteiger partial charge < -0.3 is 14.7 Å². The molecule has 1 heterocycles. The van der Waals surface area contributed by atoms with Crippen LogP contribution in [0.15, 0.2) is 24.3 Å². The number of carbonyl (C=O) groups is 2. The van der Waals surface area contributed by atoms with Gasteiger partial charge in [-0.05, 0) is 50.3 Å². The molecule has 120 valence electrons. The molecule has 0 bridgehead atoms. The SMILES string of the molecule is Cc1cccc(OCCCCC(=O)N2CCC[C@H]2C(=O)O)c1. The van der Waals surface area contributed by atoms with Crippen molar-refractivity contribution in [3.8, 4) is 5.75 Å². The molecule has 5 nitrogen and oxygen atoms in total. The summed E-state index contributed by atoms with van der Waals surface area (Å²) in [6.07, 6.45) is 3.23. The third-order valence-electron chi connectivity index (χ3n) is 3.90. The number of rotatable bonds is 7. The van der Waals surface area contributed by atoms with E-state index in [1.54, 1.807) is 0 Å². The smallest absolute Gasteiger partial charge is 0.326 e. The monoisotopic (exact) mass is 305 g/mol. The van der Waals surface area contributed by atoms with Crippen molar-refractivity contribution < 1.29 is 19.4 Å². The number of hydrogen-bond donors (Lipinski definition) is 1. The van der Waals surface area contributed by atoms with Crippen LogP contribution in [0.2, 0.25) is 0 Å². The van der Waals surface area contributed by atoms with Gasteiger partial charge in [0.25, 0.3) is 0 Å². The van der Waals surface area contributed by atoms with Crippen molar-refractivity contribution in [2.24, 2.45) is 0 Å². The summed E-state index contributed by atoms with van der Waals surface area (Å²) in [6, 6.07) is 7.23. The fraction of sp³-hybridized carbons (Fsp3) is 0.529. The van der Waals surface area contributed by atoms with Crippen LogP contribution in [0.4, 0.5) is 0 Å². The largest absolute Gasteiger partial charge is 0.494 e. The van der Waals surface area contributed by atoms with Gasteiger partial charge in [-0.2, -0.15) is 0 Å². The first kappa shape index (κ1) is 16.3. The summed E-state index contributed by atoms with van der Waals surface area (Å²) < 4.78 is 5.63. The van der Waals surface area contributed by atoms with Crippen molar-refractivity contribution in [3.05, 3.63) is 29.8 Å². The van der Waals surface area contributed by atoms with E-state index in [-0.39, 0.29) is 5.91 Å². The van der Waals surface area contributed by atoms with Gasteiger partial charge in [0.1, 0.15) is 11.8 Å². The molecule has 1 aromatic carbocycles. The van der Waals surface area contributed by atoms with Crippen LogP contribution in [0.1, 0.15) is 37.7 Å². The van der Waals surface area contributed by atoms with Crippen LogP contribution in [0.5, 0.6) is 5.75 Å². The van der Waals surface area contributed by atoms with Gasteiger partial charge in [0.15, 0.2) is 0 Å². The van der Waals surface area contributed by atoms with Gasteiger partial charge in [-0.3, -0.25) is 4.79 Å². The van der Waals surface area contributed by atoms with Crippen LogP contribution >= 0.6 is 0 Å². The number of carboxylic acids is 1. The molecule has 1 N–H and O–H groups in total. The van der Waals surface area contributed by atoms with Crippen molar-refractivity contribution in [1.29, 1.82) is 0 Å². The number of hydrogen-bond acceptors (Lipinski definition) is 3. The van der Waals surface area contributed by atoms with E-state index in [9.17, 15) is 9.59 Å². The molecule has 0 aliphatic carbocycles. The third-order valence-corrected chi connectivity index (χ3v) is 3.90. The van der Waals surface area contributed by atoms with E-state index < -0.39 is 12.0 Å². The fourth-order valence-electron chi connectivity index (χ4n) is 2.74. The van der Waals surface area contributed by atoms with Gasteiger partial charge in [-0.25, -0.2) is 4.79 Å². The van der Waals surface area contributed by atoms with Crippen LogP contribution in [0.25, 0.3) is 0 Å². The number of nitrogens with zero attached hydrogens (tertiary/aromatic N) is 1. The molecule has 0 saturated carbocycles. The van der Waals surface area contributed by atoms with Gasteiger partial charge in [0.2, 0.25) is 5.91 Å². The number of unbranched alkanes of at least 4 members (excludes halogenated alkanes) is 1. The lowest BCUT2D eigenvalue weighted by Gasteiger charge is -2.21. The second-order valence-corrected chi connectivity index (χ2v) is 5.71. The Hall–Kier alpha value is -2.04. The van der Waals surface area contributed by atoms with Crippen molar-refractivity contribution in [3.63, 3.8) is 0 Å². The zero-order chi connectivity index (χ0) is 15.9. The zero-order valence-corrected chi connectivity index (χ0v) is 13.0. The normalized spacial score (nSPS) is 17.5. The number of carbonyl (C=O) groups excluding carboxylic acids is 1. The maximum absolute atomic E-state index is 12.1. The van der Waals surface area contributed by atoms with Gasteiger partial charge in [-0.15, -0.1) is 0 Å². The summed E-state index contributed by atoms with van der Waals surface area (Å²) in [4.78, 5) is 24.6. The minimum Gasteiger partial charge on any atom is -0.494 e. The number of aliphatic carboxylic acids is 1. The zero-order valence-electron chi connectivity index (χ0n) is 13.0. The molecular weight excluding hydrogens is 282 g/mol. The van der Waals surface area contributed by atoms with Crippen LogP contribution in [0, 0.1) is 6.92 Å². The Kier molecular flexibility index (Phi) is 5.81. The van der Waals surface area contributed by atoms with E-state index >= 15 is 0 Å². The highest BCUT2D eigenvalue weighted by Gasteiger charge is 2.33. The van der Waals surface area contributed by atoms with Gasteiger partial charge in [-0.1, -0.05) is 12.1 Å². The molecule has 0 spiro atoms. The highest BCUT2D eigenvalue weighted by Crippen LogP contribution is 2.19. The second-order valence-electron chi connectivity index (χ2n) is 5.71. The predicted octanol–water partition coefficient (Wildman–Crippen LogP) is 2.62. The molecule has 1 aliphatic heterocycles. The average Bonchev–Trinajstić information content (AvgIpc) is 2.96. The minimum atomic E-state index is -0.895. The van der Waals surface area contributed by atoms with Crippen LogP contribution < -0.4 is 4.74 Å². The Balaban J connectivity index is 1.66. The highest BCUT2D eigenvalue weighted by molar-refractivity contribution is 5.84. The maximum Gasteiger partial charge on any atom is 0.326 e. The van der Waals surface area contributed by atoms with E-state index in [1.165, 1.54) is 4.90 Å². The molecule has 1 amide bonds. The first-order chi connectivity index (χ1) is 10.6. The summed E-state index contributed by atoms with van der Waals surface area (Å²) in [5, 5.41) is 9.08. The molecular formula is C17H23NO4. The maximum atomic E-state index is 12.1. The molecule has 1 aliphatic rings. The lowest BCUT2D eigenvalue weighted by atomic mass is 10.2. The Morgan fingerprint density at radius 3 is 2.91 bits per heavy atom. The van der Waals surface area contributed by atoms with E-state index in [1.807, 2.05) is 31.2 Å². The van der Waals surface area contributed by atoms with Crippen LogP contribution in [0.3, 0.4) is 0 Å². The van der Waals surface area contributed by atoms with Gasteiger partial charge >= 0.3 is 5.97 Å². The van der Waals surface area contributed by atoms with Gasteiger partial charge in [0, 0.05) is 13.0 Å². The van der Waals surface area contributed by atoms with Crippen molar-refractivity contribution in [2.75, 3.05) is 13.2 Å². The van der Waals surface area contributed by atoms with E-state index in [2.05, 4.69) is 0 Å². The number of ether oxygens (including phenoxy) is 1. The van der Waals surface area contributed by atoms with E-state index in [0.717, 1.165) is 24.2 Å².